The number of nitrogens with zero attached hydrogens (tertiary/aromatic N) is 1. The van der Waals surface area contributed by atoms with E-state index in [2.05, 4.69) is 6.92 Å². The van der Waals surface area contributed by atoms with E-state index in [0.29, 0.717) is 41.6 Å². The van der Waals surface area contributed by atoms with Crippen molar-refractivity contribution in [2.45, 2.75) is 52.1 Å². The lowest BCUT2D eigenvalue weighted by Gasteiger charge is -2.25. The Bertz CT molecular complexity index is 1230. The number of benzene rings is 2. The largest absolute Gasteiger partial charge is 0.507 e. The summed E-state index contributed by atoms with van der Waals surface area (Å²) in [4.78, 5) is 27.9. The lowest BCUT2D eigenvalue weighted by atomic mass is 9.95. The van der Waals surface area contributed by atoms with Gasteiger partial charge in [0.1, 0.15) is 23.0 Å². The van der Waals surface area contributed by atoms with Gasteiger partial charge in [0, 0.05) is 5.56 Å². The highest BCUT2D eigenvalue weighted by Gasteiger charge is 2.46. The number of furan rings is 1. The fourth-order valence-electron chi connectivity index (χ4n) is 4.36. The number of hydrogen-bond acceptors (Lipinski definition) is 6. The molecule has 2 heterocycles. The lowest BCUT2D eigenvalue weighted by molar-refractivity contribution is -0.140. The van der Waals surface area contributed by atoms with Crippen molar-refractivity contribution >= 4 is 17.4 Å². The van der Waals surface area contributed by atoms with Crippen LogP contribution in [0.2, 0.25) is 0 Å². The van der Waals surface area contributed by atoms with E-state index in [9.17, 15) is 14.7 Å². The molecule has 1 N–H and O–H groups in total. The molecule has 7 heteroatoms. The summed E-state index contributed by atoms with van der Waals surface area (Å²) in [5, 5.41) is 11.3. The Labute approximate surface area is 217 Å². The molecule has 3 aromatic rings. The molecular formula is C30H33NO6. The number of ether oxygens (including phenoxy) is 2. The number of aliphatic hydroxyl groups is 1. The minimum atomic E-state index is -0.805. The summed E-state index contributed by atoms with van der Waals surface area (Å²) < 4.78 is 17.0. The summed E-state index contributed by atoms with van der Waals surface area (Å²) >= 11 is 0. The van der Waals surface area contributed by atoms with Crippen LogP contribution >= 0.6 is 0 Å². The molecule has 1 aliphatic heterocycles. The third-order valence-electron chi connectivity index (χ3n) is 6.24. The fraction of sp³-hybridized carbons (Fsp3) is 0.333. The van der Waals surface area contributed by atoms with Crippen LogP contribution < -0.4 is 9.47 Å². The lowest BCUT2D eigenvalue weighted by Crippen LogP contribution is -2.29. The van der Waals surface area contributed by atoms with Crippen molar-refractivity contribution in [2.75, 3.05) is 13.2 Å². The molecule has 194 valence electrons. The van der Waals surface area contributed by atoms with Crippen molar-refractivity contribution < 1.29 is 28.6 Å². The van der Waals surface area contributed by atoms with E-state index in [1.54, 1.807) is 36.4 Å². The number of carbonyl (C=O) groups is 2. The van der Waals surface area contributed by atoms with E-state index in [0.717, 1.165) is 25.7 Å². The second-order valence-electron chi connectivity index (χ2n) is 9.01. The molecule has 1 atom stereocenters. The van der Waals surface area contributed by atoms with Crippen LogP contribution in [0, 0.1) is 0 Å². The number of likely N-dealkylation sites (tertiary alicyclic amines) is 1. The number of rotatable bonds is 12. The number of ketones is 1. The van der Waals surface area contributed by atoms with Gasteiger partial charge in [0.15, 0.2) is 0 Å². The first-order valence-corrected chi connectivity index (χ1v) is 12.8. The van der Waals surface area contributed by atoms with Crippen LogP contribution in [0.15, 0.2) is 76.9 Å². The maximum atomic E-state index is 13.3. The highest BCUT2D eigenvalue weighted by atomic mass is 16.5. The Hall–Kier alpha value is -4.00. The Morgan fingerprint density at radius 3 is 2.41 bits per heavy atom. The average molecular weight is 504 g/mol. The van der Waals surface area contributed by atoms with Crippen LogP contribution in [0.4, 0.5) is 0 Å². The van der Waals surface area contributed by atoms with Gasteiger partial charge in [-0.1, -0.05) is 38.8 Å². The number of Topliss-reactive ketones (excluding diaryl/α,β-unsaturated/α-hetero) is 1. The zero-order valence-corrected chi connectivity index (χ0v) is 21.3. The van der Waals surface area contributed by atoms with Gasteiger partial charge in [-0.3, -0.25) is 9.59 Å². The topological polar surface area (TPSA) is 89.2 Å². The molecule has 0 aliphatic carbocycles. The van der Waals surface area contributed by atoms with Gasteiger partial charge < -0.3 is 23.9 Å². The minimum absolute atomic E-state index is 0.0296. The summed E-state index contributed by atoms with van der Waals surface area (Å²) in [5.41, 5.74) is 1.13. The molecule has 1 fully saturated rings. The molecule has 1 amide bonds. The highest BCUT2D eigenvalue weighted by Crippen LogP contribution is 2.41. The molecule has 1 aromatic heterocycles. The molecule has 37 heavy (non-hydrogen) atoms. The molecule has 1 aliphatic rings. The van der Waals surface area contributed by atoms with E-state index in [1.807, 2.05) is 31.2 Å². The third kappa shape index (κ3) is 6.05. The van der Waals surface area contributed by atoms with E-state index >= 15 is 0 Å². The molecule has 0 bridgehead atoms. The Kier molecular flexibility index (Phi) is 8.67. The Balaban J connectivity index is 1.72. The Morgan fingerprint density at radius 2 is 1.70 bits per heavy atom. The molecule has 0 spiro atoms. The zero-order valence-electron chi connectivity index (χ0n) is 21.3. The first-order valence-electron chi connectivity index (χ1n) is 12.8. The third-order valence-corrected chi connectivity index (χ3v) is 6.24. The monoisotopic (exact) mass is 503 g/mol. The molecule has 4 rings (SSSR count). The van der Waals surface area contributed by atoms with Gasteiger partial charge in [-0.2, -0.15) is 0 Å². The number of carbonyl (C=O) groups excluding carboxylic acids is 2. The summed E-state index contributed by atoms with van der Waals surface area (Å²) in [6.07, 6.45) is 5.51. The van der Waals surface area contributed by atoms with Crippen LogP contribution in [0.1, 0.15) is 62.5 Å². The fourth-order valence-corrected chi connectivity index (χ4v) is 4.36. The number of amides is 1. The summed E-state index contributed by atoms with van der Waals surface area (Å²) in [5.74, 6) is 0.184. The summed E-state index contributed by atoms with van der Waals surface area (Å²) in [6.45, 7) is 5.41. The maximum Gasteiger partial charge on any atom is 0.296 e. The van der Waals surface area contributed by atoms with E-state index < -0.39 is 17.7 Å². The van der Waals surface area contributed by atoms with Crippen molar-refractivity contribution in [1.29, 1.82) is 0 Å². The van der Waals surface area contributed by atoms with Crippen LogP contribution in [0.25, 0.3) is 5.76 Å². The Morgan fingerprint density at radius 1 is 0.919 bits per heavy atom. The van der Waals surface area contributed by atoms with Crippen LogP contribution in [-0.4, -0.2) is 34.9 Å². The molecule has 0 saturated carbocycles. The molecule has 1 saturated heterocycles. The normalized spacial score (nSPS) is 16.8. The number of hydrogen-bond donors (Lipinski definition) is 1. The van der Waals surface area contributed by atoms with Gasteiger partial charge in [-0.05, 0) is 66.9 Å². The van der Waals surface area contributed by atoms with E-state index in [1.165, 1.54) is 11.2 Å². The SMILES string of the molecule is CCCCCOc1cccc(C2C(=C(O)c3ccc(OCCC)cc3)C(=O)C(=O)N2Cc2ccco2)c1. The first kappa shape index (κ1) is 26.1. The van der Waals surface area contributed by atoms with E-state index in [-0.39, 0.29) is 17.9 Å². The molecular weight excluding hydrogens is 470 g/mol. The molecule has 1 unspecified atom stereocenters. The van der Waals surface area contributed by atoms with Crippen molar-refractivity contribution in [3.8, 4) is 11.5 Å². The van der Waals surface area contributed by atoms with Crippen LogP contribution in [0.5, 0.6) is 11.5 Å². The maximum absolute atomic E-state index is 13.3. The van der Waals surface area contributed by atoms with Gasteiger partial charge in [0.05, 0.1) is 37.6 Å². The summed E-state index contributed by atoms with van der Waals surface area (Å²) in [7, 11) is 0. The van der Waals surface area contributed by atoms with Crippen molar-refractivity contribution in [3.63, 3.8) is 0 Å². The van der Waals surface area contributed by atoms with E-state index in [4.69, 9.17) is 13.9 Å². The predicted octanol–water partition coefficient (Wildman–Crippen LogP) is 6.26. The van der Waals surface area contributed by atoms with Gasteiger partial charge >= 0.3 is 0 Å². The molecule has 2 aromatic carbocycles. The van der Waals surface area contributed by atoms with Crippen LogP contribution in [0.3, 0.4) is 0 Å². The van der Waals surface area contributed by atoms with Crippen LogP contribution in [-0.2, 0) is 16.1 Å². The molecule has 7 nitrogen and oxygen atoms in total. The van der Waals surface area contributed by atoms with Gasteiger partial charge in [-0.25, -0.2) is 0 Å². The quantitative estimate of drug-likeness (QED) is 0.136. The number of unbranched alkanes of at least 4 members (excludes halogenated alkanes) is 2. The predicted molar refractivity (Wildman–Crippen MR) is 140 cm³/mol. The smallest absolute Gasteiger partial charge is 0.296 e. The number of aliphatic hydroxyl groups excluding tert-OH is 1. The second kappa shape index (κ2) is 12.3. The average Bonchev–Trinajstić information content (AvgIpc) is 3.52. The van der Waals surface area contributed by atoms with Gasteiger partial charge in [0.25, 0.3) is 11.7 Å². The highest BCUT2D eigenvalue weighted by molar-refractivity contribution is 6.46. The van der Waals surface area contributed by atoms with Crippen molar-refractivity contribution in [3.05, 3.63) is 89.4 Å². The molecule has 0 radical (unpaired) electrons. The zero-order chi connectivity index (χ0) is 26.2. The van der Waals surface area contributed by atoms with Crippen molar-refractivity contribution in [1.82, 2.24) is 4.90 Å². The second-order valence-corrected chi connectivity index (χ2v) is 9.01. The van der Waals surface area contributed by atoms with Gasteiger partial charge in [0.2, 0.25) is 0 Å². The summed E-state index contributed by atoms with van der Waals surface area (Å²) in [6, 6.07) is 16.9. The first-order chi connectivity index (χ1) is 18.0. The van der Waals surface area contributed by atoms with Gasteiger partial charge in [-0.15, -0.1) is 0 Å². The van der Waals surface area contributed by atoms with Crippen molar-refractivity contribution in [2.24, 2.45) is 0 Å². The standard InChI is InChI=1S/C30H33NO6/c1-3-5-6-17-36-24-10-7-9-22(19-24)27-26(28(32)21-12-14-23(15-13-21)35-16-4-2)29(33)30(34)31(27)20-25-11-8-18-37-25/h7-15,18-19,27,32H,3-6,16-17,20H2,1-2H3. The minimum Gasteiger partial charge on any atom is -0.507 e.